The smallest absolute Gasteiger partial charge is 0.331 e. The number of esters is 1. The molecule has 1 fully saturated rings. The van der Waals surface area contributed by atoms with Gasteiger partial charge in [-0.1, -0.05) is 13.8 Å². The van der Waals surface area contributed by atoms with Crippen molar-refractivity contribution in [3.63, 3.8) is 0 Å². The number of piperazine rings is 1. The molecule has 0 spiro atoms. The second-order valence-electron chi connectivity index (χ2n) is 5.36. The van der Waals surface area contributed by atoms with Crippen molar-refractivity contribution in [2.75, 3.05) is 37.7 Å². The van der Waals surface area contributed by atoms with Gasteiger partial charge in [0.15, 0.2) is 6.04 Å². The fourth-order valence-electron chi connectivity index (χ4n) is 2.48. The number of hydrogen-bond donors (Lipinski definition) is 1. The van der Waals surface area contributed by atoms with Gasteiger partial charge in [-0.25, -0.2) is 4.79 Å². The highest BCUT2D eigenvalue weighted by atomic mass is 16.5. The lowest BCUT2D eigenvalue weighted by molar-refractivity contribution is -0.149. The maximum atomic E-state index is 12.1. The Morgan fingerprint density at radius 3 is 2.75 bits per heavy atom. The second-order valence-corrected chi connectivity index (χ2v) is 5.36. The zero-order chi connectivity index (χ0) is 14.5. The molecule has 0 aromatic carbocycles. The summed E-state index contributed by atoms with van der Waals surface area (Å²) in [5.74, 6) is -0.0673. The second kappa shape index (κ2) is 6.74. The van der Waals surface area contributed by atoms with E-state index in [-0.39, 0.29) is 17.9 Å². The quantitative estimate of drug-likeness (QED) is 0.817. The first kappa shape index (κ1) is 14.8. The molecule has 0 saturated carbocycles. The van der Waals surface area contributed by atoms with Gasteiger partial charge in [0.2, 0.25) is 0 Å². The van der Waals surface area contributed by atoms with Crippen LogP contribution in [0.25, 0.3) is 0 Å². The first-order valence-electron chi connectivity index (χ1n) is 7.30. The van der Waals surface area contributed by atoms with E-state index >= 15 is 0 Å². The number of anilines is 1. The van der Waals surface area contributed by atoms with Crippen LogP contribution in [0.3, 0.4) is 0 Å². The topological polar surface area (TPSA) is 59.4 Å². The monoisotopic (exact) mass is 280 g/mol. The minimum atomic E-state index is -0.355. The first-order valence-corrected chi connectivity index (χ1v) is 7.30. The Kier molecular flexibility index (Phi) is 5.00. The molecule has 1 aromatic rings. The summed E-state index contributed by atoms with van der Waals surface area (Å²) in [5, 5.41) is 7.69. The Bertz CT molecular complexity index is 438. The van der Waals surface area contributed by atoms with Crippen LogP contribution < -0.4 is 10.2 Å². The lowest BCUT2D eigenvalue weighted by Crippen LogP contribution is -2.43. The SMILES string of the molecule is CCOC(=O)C(C(C)C)n1cc(N2CCNCC2)cn1. The molecule has 1 aromatic heterocycles. The Labute approximate surface area is 120 Å². The molecule has 20 heavy (non-hydrogen) atoms. The van der Waals surface area contributed by atoms with Crippen LogP contribution in [0, 0.1) is 5.92 Å². The Morgan fingerprint density at radius 2 is 2.15 bits per heavy atom. The Hall–Kier alpha value is -1.56. The van der Waals surface area contributed by atoms with Crippen molar-refractivity contribution in [1.29, 1.82) is 0 Å². The molecular formula is C14H24N4O2. The van der Waals surface area contributed by atoms with Crippen LogP contribution in [0.1, 0.15) is 26.8 Å². The van der Waals surface area contributed by atoms with Crippen molar-refractivity contribution < 1.29 is 9.53 Å². The summed E-state index contributed by atoms with van der Waals surface area (Å²) in [6.45, 7) is 10.1. The summed E-state index contributed by atoms with van der Waals surface area (Å²) in [6, 6.07) is -0.355. The van der Waals surface area contributed by atoms with Crippen LogP contribution in [-0.2, 0) is 9.53 Å². The molecule has 6 heteroatoms. The molecule has 1 aliphatic rings. The summed E-state index contributed by atoms with van der Waals surface area (Å²) in [4.78, 5) is 14.3. The lowest BCUT2D eigenvalue weighted by Gasteiger charge is -2.28. The fraction of sp³-hybridized carbons (Fsp3) is 0.714. The summed E-state index contributed by atoms with van der Waals surface area (Å²) in [7, 11) is 0. The molecule has 0 amide bonds. The van der Waals surface area contributed by atoms with Gasteiger partial charge in [-0.3, -0.25) is 4.68 Å². The zero-order valence-electron chi connectivity index (χ0n) is 12.5. The van der Waals surface area contributed by atoms with Gasteiger partial charge in [0.25, 0.3) is 0 Å². The van der Waals surface area contributed by atoms with Crippen LogP contribution in [0.4, 0.5) is 5.69 Å². The molecule has 0 radical (unpaired) electrons. The van der Waals surface area contributed by atoms with E-state index in [1.165, 1.54) is 0 Å². The maximum absolute atomic E-state index is 12.1. The van der Waals surface area contributed by atoms with Crippen molar-refractivity contribution in [3.8, 4) is 0 Å². The summed E-state index contributed by atoms with van der Waals surface area (Å²) < 4.78 is 6.89. The average Bonchev–Trinajstić information content (AvgIpc) is 2.89. The van der Waals surface area contributed by atoms with E-state index in [2.05, 4.69) is 15.3 Å². The fourth-order valence-corrected chi connectivity index (χ4v) is 2.48. The molecular weight excluding hydrogens is 256 g/mol. The van der Waals surface area contributed by atoms with Gasteiger partial charge in [-0.05, 0) is 12.8 Å². The highest BCUT2D eigenvalue weighted by Crippen LogP contribution is 2.22. The maximum Gasteiger partial charge on any atom is 0.331 e. The van der Waals surface area contributed by atoms with E-state index < -0.39 is 0 Å². The number of hydrogen-bond acceptors (Lipinski definition) is 5. The number of nitrogens with one attached hydrogen (secondary N) is 1. The van der Waals surface area contributed by atoms with Crippen molar-refractivity contribution >= 4 is 11.7 Å². The lowest BCUT2D eigenvalue weighted by atomic mass is 10.1. The number of aromatic nitrogens is 2. The van der Waals surface area contributed by atoms with Crippen molar-refractivity contribution in [1.82, 2.24) is 15.1 Å². The average molecular weight is 280 g/mol. The third kappa shape index (κ3) is 3.30. The van der Waals surface area contributed by atoms with Gasteiger partial charge >= 0.3 is 5.97 Å². The minimum absolute atomic E-state index is 0.143. The molecule has 1 atom stereocenters. The molecule has 2 rings (SSSR count). The van der Waals surface area contributed by atoms with E-state index in [9.17, 15) is 4.79 Å². The Morgan fingerprint density at radius 1 is 1.45 bits per heavy atom. The minimum Gasteiger partial charge on any atom is -0.464 e. The van der Waals surface area contributed by atoms with Crippen molar-refractivity contribution in [2.45, 2.75) is 26.8 Å². The van der Waals surface area contributed by atoms with Crippen LogP contribution in [0.15, 0.2) is 12.4 Å². The number of carbonyl (C=O) groups excluding carboxylic acids is 1. The van der Waals surface area contributed by atoms with Gasteiger partial charge < -0.3 is 15.0 Å². The van der Waals surface area contributed by atoms with E-state index in [1.807, 2.05) is 33.2 Å². The normalized spacial score (nSPS) is 17.3. The largest absolute Gasteiger partial charge is 0.464 e. The van der Waals surface area contributed by atoms with Crippen LogP contribution in [-0.4, -0.2) is 48.5 Å². The number of nitrogens with zero attached hydrogens (tertiary/aromatic N) is 3. The van der Waals surface area contributed by atoms with E-state index in [0.717, 1.165) is 31.9 Å². The third-order valence-electron chi connectivity index (χ3n) is 3.51. The Balaban J connectivity index is 2.13. The van der Waals surface area contributed by atoms with Gasteiger partial charge in [-0.2, -0.15) is 5.10 Å². The van der Waals surface area contributed by atoms with E-state index in [1.54, 1.807) is 4.68 Å². The molecule has 1 saturated heterocycles. The third-order valence-corrected chi connectivity index (χ3v) is 3.51. The first-order chi connectivity index (χ1) is 9.63. The van der Waals surface area contributed by atoms with Crippen molar-refractivity contribution in [3.05, 3.63) is 12.4 Å². The number of ether oxygens (including phenoxy) is 1. The molecule has 0 bridgehead atoms. The summed E-state index contributed by atoms with van der Waals surface area (Å²) in [6.07, 6.45) is 3.78. The number of carbonyl (C=O) groups is 1. The summed E-state index contributed by atoms with van der Waals surface area (Å²) >= 11 is 0. The van der Waals surface area contributed by atoms with E-state index in [0.29, 0.717) is 6.61 Å². The number of rotatable bonds is 5. The van der Waals surface area contributed by atoms with Crippen LogP contribution in [0.2, 0.25) is 0 Å². The predicted molar refractivity (Wildman–Crippen MR) is 77.8 cm³/mol. The predicted octanol–water partition coefficient (Wildman–Crippen LogP) is 1.05. The molecule has 0 aliphatic carbocycles. The van der Waals surface area contributed by atoms with Gasteiger partial charge in [0.1, 0.15) is 0 Å². The standard InChI is InChI=1S/C14H24N4O2/c1-4-20-14(19)13(11(2)3)18-10-12(9-16-18)17-7-5-15-6-8-17/h9-11,13,15H,4-8H2,1-3H3. The van der Waals surface area contributed by atoms with E-state index in [4.69, 9.17) is 4.74 Å². The van der Waals surface area contributed by atoms with Gasteiger partial charge in [0.05, 0.1) is 18.5 Å². The molecule has 2 heterocycles. The zero-order valence-corrected chi connectivity index (χ0v) is 12.5. The highest BCUT2D eigenvalue weighted by Gasteiger charge is 2.27. The van der Waals surface area contributed by atoms with Crippen LogP contribution in [0.5, 0.6) is 0 Å². The van der Waals surface area contributed by atoms with Crippen molar-refractivity contribution in [2.24, 2.45) is 5.92 Å². The van der Waals surface area contributed by atoms with Gasteiger partial charge in [0, 0.05) is 32.4 Å². The molecule has 1 unspecified atom stereocenters. The molecule has 1 N–H and O–H groups in total. The molecule has 1 aliphatic heterocycles. The highest BCUT2D eigenvalue weighted by molar-refractivity contribution is 5.74. The summed E-state index contributed by atoms with van der Waals surface area (Å²) in [5.41, 5.74) is 1.07. The molecule has 6 nitrogen and oxygen atoms in total. The molecule has 112 valence electrons. The van der Waals surface area contributed by atoms with Gasteiger partial charge in [-0.15, -0.1) is 0 Å². The van der Waals surface area contributed by atoms with Crippen LogP contribution >= 0.6 is 0 Å².